The fourth-order valence-electron chi connectivity index (χ4n) is 2.11. The molecule has 0 atom stereocenters. The first-order valence-electron chi connectivity index (χ1n) is 6.75. The molecule has 1 aliphatic rings. The summed E-state index contributed by atoms with van der Waals surface area (Å²) in [4.78, 5) is 19.1. The minimum Gasteiger partial charge on any atom is -0.334 e. The molecule has 3 rings (SSSR count). The van der Waals surface area contributed by atoms with Gasteiger partial charge in [0, 0.05) is 23.6 Å². The van der Waals surface area contributed by atoms with Gasteiger partial charge in [0.1, 0.15) is 22.5 Å². The molecule has 6 nitrogen and oxygen atoms in total. The van der Waals surface area contributed by atoms with E-state index in [2.05, 4.69) is 15.3 Å². The summed E-state index contributed by atoms with van der Waals surface area (Å²) in [6.07, 6.45) is 3.13. The number of aromatic nitrogens is 2. The van der Waals surface area contributed by atoms with Crippen molar-refractivity contribution >= 4 is 40.4 Å². The van der Waals surface area contributed by atoms with Crippen LogP contribution >= 0.6 is 23.2 Å². The first kappa shape index (κ1) is 15.0. The molecule has 1 aromatic heterocycles. The molecule has 1 aliphatic carbocycles. The van der Waals surface area contributed by atoms with Crippen LogP contribution in [0.2, 0.25) is 10.2 Å². The van der Waals surface area contributed by atoms with Gasteiger partial charge in [0.15, 0.2) is 0 Å². The second-order valence-corrected chi connectivity index (χ2v) is 6.01. The standard InChI is InChI=1S/C14H12Cl2N4O2/c15-9-3-4-11(20(21)22)10(6-9)17-14-7-12(16)18-13(19-14)5-8-1-2-8/h3-4,6-8H,1-2,5H2,(H,17,18,19). The van der Waals surface area contributed by atoms with Gasteiger partial charge in [0.2, 0.25) is 0 Å². The van der Waals surface area contributed by atoms with Crippen molar-refractivity contribution in [3.8, 4) is 0 Å². The molecule has 0 radical (unpaired) electrons. The fraction of sp³-hybridized carbons (Fsp3) is 0.286. The average Bonchev–Trinajstić information content (AvgIpc) is 3.21. The molecular weight excluding hydrogens is 327 g/mol. The third kappa shape index (κ3) is 3.64. The Kier molecular flexibility index (Phi) is 4.13. The van der Waals surface area contributed by atoms with Crippen LogP contribution in [0.5, 0.6) is 0 Å². The predicted octanol–water partition coefficient (Wildman–Crippen LogP) is 4.39. The number of nitrogens with one attached hydrogen (secondary N) is 1. The summed E-state index contributed by atoms with van der Waals surface area (Å²) in [5.74, 6) is 1.68. The number of nitrogens with zero attached hydrogens (tertiary/aromatic N) is 3. The van der Waals surface area contributed by atoms with Crippen LogP contribution < -0.4 is 5.32 Å². The van der Waals surface area contributed by atoms with Gasteiger partial charge in [-0.3, -0.25) is 10.1 Å². The molecule has 0 amide bonds. The van der Waals surface area contributed by atoms with Crippen LogP contribution in [0, 0.1) is 16.0 Å². The van der Waals surface area contributed by atoms with Gasteiger partial charge in [-0.2, -0.15) is 0 Å². The zero-order chi connectivity index (χ0) is 15.7. The van der Waals surface area contributed by atoms with E-state index in [-0.39, 0.29) is 11.4 Å². The van der Waals surface area contributed by atoms with E-state index < -0.39 is 4.92 Å². The van der Waals surface area contributed by atoms with Crippen molar-refractivity contribution in [2.75, 3.05) is 5.32 Å². The number of benzene rings is 1. The van der Waals surface area contributed by atoms with Crippen molar-refractivity contribution in [2.24, 2.45) is 5.92 Å². The van der Waals surface area contributed by atoms with E-state index >= 15 is 0 Å². The van der Waals surface area contributed by atoms with Crippen LogP contribution in [0.25, 0.3) is 0 Å². The summed E-state index contributed by atoms with van der Waals surface area (Å²) in [7, 11) is 0. The van der Waals surface area contributed by atoms with Crippen LogP contribution in [-0.4, -0.2) is 14.9 Å². The van der Waals surface area contributed by atoms with Crippen molar-refractivity contribution in [1.82, 2.24) is 9.97 Å². The van der Waals surface area contributed by atoms with E-state index in [1.807, 2.05) is 0 Å². The van der Waals surface area contributed by atoms with E-state index in [0.29, 0.717) is 27.7 Å². The lowest BCUT2D eigenvalue weighted by molar-refractivity contribution is -0.383. The third-order valence-electron chi connectivity index (χ3n) is 3.33. The monoisotopic (exact) mass is 338 g/mol. The lowest BCUT2D eigenvalue weighted by Crippen LogP contribution is -2.03. The van der Waals surface area contributed by atoms with Crippen molar-refractivity contribution in [2.45, 2.75) is 19.3 Å². The molecule has 22 heavy (non-hydrogen) atoms. The predicted molar refractivity (Wildman–Crippen MR) is 84.9 cm³/mol. The number of nitro benzene ring substituents is 1. The quantitative estimate of drug-likeness (QED) is 0.496. The highest BCUT2D eigenvalue weighted by Crippen LogP contribution is 2.33. The number of hydrogen-bond acceptors (Lipinski definition) is 5. The first-order chi connectivity index (χ1) is 10.5. The molecule has 1 fully saturated rings. The first-order valence-corrected chi connectivity index (χ1v) is 7.51. The largest absolute Gasteiger partial charge is 0.334 e. The van der Waals surface area contributed by atoms with Crippen LogP contribution in [0.3, 0.4) is 0 Å². The molecule has 1 saturated carbocycles. The minimum absolute atomic E-state index is 0.0807. The van der Waals surface area contributed by atoms with Crippen molar-refractivity contribution < 1.29 is 4.92 Å². The number of anilines is 2. The molecule has 1 heterocycles. The van der Waals surface area contributed by atoms with E-state index in [4.69, 9.17) is 23.2 Å². The van der Waals surface area contributed by atoms with Gasteiger partial charge >= 0.3 is 0 Å². The Morgan fingerprint density at radius 2 is 2.05 bits per heavy atom. The number of nitro groups is 1. The van der Waals surface area contributed by atoms with Gasteiger partial charge in [-0.1, -0.05) is 23.2 Å². The Bertz CT molecular complexity index is 735. The Balaban J connectivity index is 1.90. The summed E-state index contributed by atoms with van der Waals surface area (Å²) < 4.78 is 0. The van der Waals surface area contributed by atoms with E-state index in [0.717, 1.165) is 6.42 Å². The van der Waals surface area contributed by atoms with E-state index in [1.165, 1.54) is 37.1 Å². The highest BCUT2D eigenvalue weighted by atomic mass is 35.5. The second-order valence-electron chi connectivity index (χ2n) is 5.18. The molecule has 0 saturated heterocycles. The molecule has 0 aliphatic heterocycles. The molecule has 0 bridgehead atoms. The maximum Gasteiger partial charge on any atom is 0.292 e. The maximum absolute atomic E-state index is 11.1. The highest BCUT2D eigenvalue weighted by molar-refractivity contribution is 6.31. The molecule has 0 spiro atoms. The molecule has 1 aromatic carbocycles. The number of hydrogen-bond donors (Lipinski definition) is 1. The molecule has 1 N–H and O–H groups in total. The van der Waals surface area contributed by atoms with Crippen LogP contribution in [0.15, 0.2) is 24.3 Å². The fourth-order valence-corrected chi connectivity index (χ4v) is 2.48. The second kappa shape index (κ2) is 6.06. The summed E-state index contributed by atoms with van der Waals surface area (Å²) in [5.41, 5.74) is 0.188. The third-order valence-corrected chi connectivity index (χ3v) is 3.76. The van der Waals surface area contributed by atoms with Gasteiger partial charge in [0.25, 0.3) is 5.69 Å². The average molecular weight is 339 g/mol. The van der Waals surface area contributed by atoms with E-state index in [9.17, 15) is 10.1 Å². The van der Waals surface area contributed by atoms with Crippen molar-refractivity contribution in [3.05, 3.63) is 50.4 Å². The van der Waals surface area contributed by atoms with Gasteiger partial charge in [-0.25, -0.2) is 9.97 Å². The molecule has 8 heteroatoms. The smallest absolute Gasteiger partial charge is 0.292 e. The van der Waals surface area contributed by atoms with Gasteiger partial charge in [0.05, 0.1) is 4.92 Å². The molecular formula is C14H12Cl2N4O2. The zero-order valence-corrected chi connectivity index (χ0v) is 12.9. The van der Waals surface area contributed by atoms with Crippen molar-refractivity contribution in [1.29, 1.82) is 0 Å². The molecule has 2 aromatic rings. The summed E-state index contributed by atoms with van der Waals surface area (Å²) in [5, 5.41) is 14.7. The Morgan fingerprint density at radius 3 is 2.73 bits per heavy atom. The SMILES string of the molecule is O=[N+]([O-])c1ccc(Cl)cc1Nc1cc(Cl)nc(CC2CC2)n1. The topological polar surface area (TPSA) is 81.0 Å². The van der Waals surface area contributed by atoms with Crippen LogP contribution in [-0.2, 0) is 6.42 Å². The zero-order valence-electron chi connectivity index (χ0n) is 11.4. The normalized spacial score (nSPS) is 13.9. The summed E-state index contributed by atoms with van der Waals surface area (Å²) in [6.45, 7) is 0. The molecule has 114 valence electrons. The lowest BCUT2D eigenvalue weighted by atomic mass is 10.2. The maximum atomic E-state index is 11.1. The Morgan fingerprint density at radius 1 is 1.27 bits per heavy atom. The van der Waals surface area contributed by atoms with Gasteiger partial charge in [-0.05, 0) is 30.9 Å². The van der Waals surface area contributed by atoms with Gasteiger partial charge in [-0.15, -0.1) is 0 Å². The van der Waals surface area contributed by atoms with Crippen LogP contribution in [0.4, 0.5) is 17.2 Å². The minimum atomic E-state index is -0.480. The molecule has 0 unspecified atom stereocenters. The van der Waals surface area contributed by atoms with Crippen molar-refractivity contribution in [3.63, 3.8) is 0 Å². The van der Waals surface area contributed by atoms with E-state index in [1.54, 1.807) is 0 Å². The summed E-state index contributed by atoms with van der Waals surface area (Å²) >= 11 is 11.9. The van der Waals surface area contributed by atoms with Crippen LogP contribution in [0.1, 0.15) is 18.7 Å². The Labute approximate surface area is 136 Å². The number of halogens is 2. The number of rotatable bonds is 5. The Hall–Kier alpha value is -1.92. The highest BCUT2D eigenvalue weighted by Gasteiger charge is 2.23. The lowest BCUT2D eigenvalue weighted by Gasteiger charge is -2.08. The van der Waals surface area contributed by atoms with Gasteiger partial charge < -0.3 is 5.32 Å². The summed E-state index contributed by atoms with van der Waals surface area (Å²) in [6, 6.07) is 5.83.